The van der Waals surface area contributed by atoms with Gasteiger partial charge >= 0.3 is 0 Å². The Morgan fingerprint density at radius 1 is 0.971 bits per heavy atom. The molecule has 6 nitrogen and oxygen atoms in total. The molecule has 1 aliphatic carbocycles. The molecular weight excluding hydrogens is 426 g/mol. The predicted molar refractivity (Wildman–Crippen MR) is 131 cm³/mol. The minimum atomic E-state index is -1.04. The van der Waals surface area contributed by atoms with Crippen molar-refractivity contribution in [2.45, 2.75) is 32.3 Å². The van der Waals surface area contributed by atoms with Crippen molar-refractivity contribution >= 4 is 11.7 Å². The lowest BCUT2D eigenvalue weighted by molar-refractivity contribution is -0.115. The van der Waals surface area contributed by atoms with Gasteiger partial charge in [0.05, 0.1) is 17.8 Å². The lowest BCUT2D eigenvalue weighted by atomic mass is 9.91. The average Bonchev–Trinajstić information content (AvgIpc) is 2.85. The minimum absolute atomic E-state index is 0.113. The number of phenolic OH excluding ortho intramolecular Hbond substituents is 1. The van der Waals surface area contributed by atoms with Gasteiger partial charge in [-0.25, -0.2) is 9.97 Å². The number of nitrogens with one attached hydrogen (secondary N) is 1. The number of phenols is 1. The van der Waals surface area contributed by atoms with Gasteiger partial charge in [-0.15, -0.1) is 0 Å². The summed E-state index contributed by atoms with van der Waals surface area (Å²) < 4.78 is 0. The van der Waals surface area contributed by atoms with Gasteiger partial charge in [-0.3, -0.25) is 4.79 Å². The Morgan fingerprint density at radius 2 is 1.71 bits per heavy atom. The minimum Gasteiger partial charge on any atom is -0.508 e. The van der Waals surface area contributed by atoms with Crippen molar-refractivity contribution in [3.63, 3.8) is 0 Å². The third-order valence-electron chi connectivity index (χ3n) is 6.11. The lowest BCUT2D eigenvalue weighted by Crippen LogP contribution is -2.21. The second kappa shape index (κ2) is 9.08. The molecule has 1 amide bonds. The highest BCUT2D eigenvalue weighted by molar-refractivity contribution is 5.92. The summed E-state index contributed by atoms with van der Waals surface area (Å²) in [6.45, 7) is 1.99. The van der Waals surface area contributed by atoms with E-state index in [1.807, 2.05) is 49.4 Å². The third kappa shape index (κ3) is 4.40. The van der Waals surface area contributed by atoms with Crippen LogP contribution in [0.4, 0.5) is 5.82 Å². The van der Waals surface area contributed by atoms with Crippen molar-refractivity contribution in [2.75, 3.05) is 5.32 Å². The van der Waals surface area contributed by atoms with Crippen LogP contribution in [0.2, 0.25) is 0 Å². The summed E-state index contributed by atoms with van der Waals surface area (Å²) in [4.78, 5) is 22.5. The summed E-state index contributed by atoms with van der Waals surface area (Å²) >= 11 is 0. The van der Waals surface area contributed by atoms with Crippen LogP contribution in [0.15, 0.2) is 72.8 Å². The number of rotatable bonds is 5. The van der Waals surface area contributed by atoms with Crippen LogP contribution in [0.5, 0.6) is 5.75 Å². The molecule has 0 fully saturated rings. The van der Waals surface area contributed by atoms with Crippen LogP contribution in [0.1, 0.15) is 39.7 Å². The van der Waals surface area contributed by atoms with Crippen LogP contribution in [0, 0.1) is 6.92 Å². The molecule has 1 atom stereocenters. The van der Waals surface area contributed by atoms with Crippen LogP contribution < -0.4 is 5.32 Å². The van der Waals surface area contributed by atoms with E-state index in [1.54, 1.807) is 24.3 Å². The predicted octanol–water partition coefficient (Wildman–Crippen LogP) is 4.52. The van der Waals surface area contributed by atoms with Gasteiger partial charge in [0.25, 0.3) is 0 Å². The van der Waals surface area contributed by atoms with E-state index in [1.165, 1.54) is 5.56 Å². The number of aryl methyl sites for hydroxylation is 3. The van der Waals surface area contributed by atoms with Gasteiger partial charge in [0, 0.05) is 5.56 Å². The maximum absolute atomic E-state index is 12.9. The Kier molecular flexibility index (Phi) is 5.82. The molecule has 1 unspecified atom stereocenters. The number of anilines is 1. The van der Waals surface area contributed by atoms with E-state index in [0.29, 0.717) is 17.7 Å². The van der Waals surface area contributed by atoms with Crippen LogP contribution in [-0.2, 0) is 24.1 Å². The molecule has 1 aromatic heterocycles. The van der Waals surface area contributed by atoms with Crippen molar-refractivity contribution in [2.24, 2.45) is 0 Å². The van der Waals surface area contributed by atoms with Crippen LogP contribution in [0.25, 0.3) is 11.3 Å². The SMILES string of the molecule is Cc1ccc(C(O)c2nc3c(nc2NC(=O)Cc2ccc(O)cc2)CCc2ccccc2-3)cc1. The highest BCUT2D eigenvalue weighted by Gasteiger charge is 2.26. The number of carbonyl (C=O) groups is 1. The number of hydrogen-bond donors (Lipinski definition) is 3. The highest BCUT2D eigenvalue weighted by atomic mass is 16.3. The smallest absolute Gasteiger partial charge is 0.229 e. The van der Waals surface area contributed by atoms with E-state index in [0.717, 1.165) is 34.5 Å². The molecule has 6 heteroatoms. The van der Waals surface area contributed by atoms with E-state index in [9.17, 15) is 15.0 Å². The van der Waals surface area contributed by atoms with Gasteiger partial charge < -0.3 is 15.5 Å². The molecule has 5 rings (SSSR count). The summed E-state index contributed by atoms with van der Waals surface area (Å²) in [5.74, 6) is 0.150. The average molecular weight is 452 g/mol. The number of fused-ring (bicyclic) bond motifs is 3. The monoisotopic (exact) mass is 451 g/mol. The van der Waals surface area contributed by atoms with Gasteiger partial charge in [0.2, 0.25) is 5.91 Å². The number of hydrogen-bond acceptors (Lipinski definition) is 5. The normalized spacial score (nSPS) is 13.0. The molecule has 1 heterocycles. The van der Waals surface area contributed by atoms with Gasteiger partial charge in [0.1, 0.15) is 17.5 Å². The number of nitrogens with zero attached hydrogens (tertiary/aromatic N) is 2. The first-order chi connectivity index (χ1) is 16.5. The summed E-state index contributed by atoms with van der Waals surface area (Å²) in [5, 5.41) is 23.6. The molecule has 0 saturated heterocycles. The zero-order valence-electron chi connectivity index (χ0n) is 18.8. The van der Waals surface area contributed by atoms with Gasteiger partial charge in [-0.05, 0) is 48.6 Å². The third-order valence-corrected chi connectivity index (χ3v) is 6.11. The van der Waals surface area contributed by atoms with E-state index in [4.69, 9.17) is 9.97 Å². The Labute approximate surface area is 198 Å². The first-order valence-corrected chi connectivity index (χ1v) is 11.3. The number of amides is 1. The topological polar surface area (TPSA) is 95.3 Å². The molecule has 0 radical (unpaired) electrons. The Hall–Kier alpha value is -4.03. The quantitative estimate of drug-likeness (QED) is 0.415. The molecule has 0 spiro atoms. The number of benzene rings is 3. The fourth-order valence-corrected chi connectivity index (χ4v) is 4.26. The second-order valence-corrected chi connectivity index (χ2v) is 8.61. The van der Waals surface area contributed by atoms with Crippen LogP contribution in [0.3, 0.4) is 0 Å². The summed E-state index contributed by atoms with van der Waals surface area (Å²) in [6.07, 6.45) is 0.623. The van der Waals surface area contributed by atoms with Crippen molar-refractivity contribution in [1.29, 1.82) is 0 Å². The van der Waals surface area contributed by atoms with Crippen LogP contribution in [-0.4, -0.2) is 26.1 Å². The number of aliphatic hydroxyl groups is 1. The zero-order chi connectivity index (χ0) is 23.7. The van der Waals surface area contributed by atoms with Crippen molar-refractivity contribution in [3.05, 3.63) is 106 Å². The Balaban J connectivity index is 1.53. The van der Waals surface area contributed by atoms with E-state index < -0.39 is 6.10 Å². The Bertz CT molecular complexity index is 1350. The maximum atomic E-state index is 12.9. The van der Waals surface area contributed by atoms with Crippen LogP contribution >= 0.6 is 0 Å². The molecule has 0 bridgehead atoms. The number of aromatic hydroxyl groups is 1. The maximum Gasteiger partial charge on any atom is 0.229 e. The highest BCUT2D eigenvalue weighted by Crippen LogP contribution is 2.35. The largest absolute Gasteiger partial charge is 0.508 e. The van der Waals surface area contributed by atoms with E-state index >= 15 is 0 Å². The van der Waals surface area contributed by atoms with Crippen molar-refractivity contribution in [1.82, 2.24) is 9.97 Å². The van der Waals surface area contributed by atoms with Gasteiger partial charge in [0.15, 0.2) is 5.82 Å². The van der Waals surface area contributed by atoms with E-state index in [2.05, 4.69) is 11.4 Å². The lowest BCUT2D eigenvalue weighted by Gasteiger charge is -2.22. The number of aliphatic hydroxyl groups excluding tert-OH is 1. The number of aromatic nitrogens is 2. The second-order valence-electron chi connectivity index (χ2n) is 8.61. The molecule has 1 aliphatic rings. The fourth-order valence-electron chi connectivity index (χ4n) is 4.26. The molecule has 3 aromatic carbocycles. The Morgan fingerprint density at radius 3 is 2.47 bits per heavy atom. The standard InChI is InChI=1S/C28H25N3O3/c1-17-6-10-20(11-7-17)27(34)26-28(30-24(33)16-18-8-13-21(32)14-9-18)29-23-15-12-19-4-2-3-5-22(19)25(23)31-26/h2-11,13-14,27,32,34H,12,15-16H2,1H3,(H,29,30,33). The summed E-state index contributed by atoms with van der Waals surface area (Å²) in [5.41, 5.74) is 6.61. The zero-order valence-corrected chi connectivity index (χ0v) is 18.8. The van der Waals surface area contributed by atoms with Crippen molar-refractivity contribution < 1.29 is 15.0 Å². The summed E-state index contributed by atoms with van der Waals surface area (Å²) in [6, 6.07) is 22.2. The molecule has 3 N–H and O–H groups in total. The van der Waals surface area contributed by atoms with E-state index in [-0.39, 0.29) is 23.9 Å². The molecule has 4 aromatic rings. The molecule has 34 heavy (non-hydrogen) atoms. The molecule has 0 saturated carbocycles. The molecule has 170 valence electrons. The first-order valence-electron chi connectivity index (χ1n) is 11.3. The molecular formula is C28H25N3O3. The molecule has 0 aliphatic heterocycles. The number of carbonyl (C=O) groups excluding carboxylic acids is 1. The summed E-state index contributed by atoms with van der Waals surface area (Å²) in [7, 11) is 0. The van der Waals surface area contributed by atoms with Gasteiger partial charge in [-0.2, -0.15) is 0 Å². The van der Waals surface area contributed by atoms with Crippen molar-refractivity contribution in [3.8, 4) is 17.0 Å². The van der Waals surface area contributed by atoms with Gasteiger partial charge in [-0.1, -0.05) is 66.2 Å². The fraction of sp³-hybridized carbons (Fsp3) is 0.179. The first kappa shape index (κ1) is 21.8.